The van der Waals surface area contributed by atoms with Gasteiger partial charge in [-0.25, -0.2) is 4.79 Å². The number of phenolic OH excluding ortho intramolecular Hbond substituents is 1. The van der Waals surface area contributed by atoms with Crippen LogP contribution in [0.15, 0.2) is 96.6 Å². The molecule has 1 aliphatic heterocycles. The van der Waals surface area contributed by atoms with E-state index < -0.39 is 52.8 Å². The molecule has 7 rings (SSSR count). The van der Waals surface area contributed by atoms with Gasteiger partial charge in [-0.05, 0) is 42.0 Å². The Kier molecular flexibility index (Phi) is 6.58. The number of amides is 4. The van der Waals surface area contributed by atoms with Gasteiger partial charge in [0.05, 0.1) is 24.4 Å². The highest BCUT2D eigenvalue weighted by atomic mass is 16.5. The van der Waals surface area contributed by atoms with Crippen LogP contribution in [0.4, 0.5) is 4.79 Å². The number of carbonyl (C=O) groups excluding carboxylic acids is 5. The van der Waals surface area contributed by atoms with Crippen LogP contribution in [-0.2, 0) is 24.6 Å². The zero-order valence-corrected chi connectivity index (χ0v) is 24.4. The second kappa shape index (κ2) is 10.4. The van der Waals surface area contributed by atoms with Crippen LogP contribution in [0.25, 0.3) is 5.57 Å². The summed E-state index contributed by atoms with van der Waals surface area (Å²) in [5.74, 6) is -5.75. The highest BCUT2D eigenvalue weighted by molar-refractivity contribution is 6.31. The van der Waals surface area contributed by atoms with Gasteiger partial charge < -0.3 is 15.6 Å². The number of aromatic hydroxyl groups is 1. The molecule has 6 atom stereocenters. The summed E-state index contributed by atoms with van der Waals surface area (Å²) in [5, 5.41) is 10.4. The number of methoxy groups -OCH3 is 1. The molecule has 226 valence electrons. The molecule has 0 bridgehead atoms. The maximum absolute atomic E-state index is 15.0. The van der Waals surface area contributed by atoms with Crippen molar-refractivity contribution in [3.63, 3.8) is 0 Å². The Balaban J connectivity index is 1.53. The molecule has 4 aliphatic rings. The van der Waals surface area contributed by atoms with Gasteiger partial charge in [0, 0.05) is 29.0 Å². The fourth-order valence-electron chi connectivity index (χ4n) is 8.37. The third-order valence-electron chi connectivity index (χ3n) is 10.1. The summed E-state index contributed by atoms with van der Waals surface area (Å²) < 4.78 is 5.76. The molecular formula is C36H30N2O7. The number of carbonyl (C=O) groups is 5. The van der Waals surface area contributed by atoms with Crippen LogP contribution in [0.3, 0.4) is 0 Å². The Bertz CT molecular complexity index is 1850. The monoisotopic (exact) mass is 602 g/mol. The van der Waals surface area contributed by atoms with Crippen LogP contribution < -0.4 is 10.5 Å². The first kappa shape index (κ1) is 28.5. The summed E-state index contributed by atoms with van der Waals surface area (Å²) in [5.41, 5.74) is 6.82. The number of hydrogen-bond acceptors (Lipinski definition) is 7. The predicted molar refractivity (Wildman–Crippen MR) is 163 cm³/mol. The number of primary amides is 1. The third kappa shape index (κ3) is 3.96. The largest absolute Gasteiger partial charge is 0.508 e. The van der Waals surface area contributed by atoms with E-state index >= 15 is 0 Å². The van der Waals surface area contributed by atoms with Crippen LogP contribution in [0.1, 0.15) is 35.4 Å². The predicted octanol–water partition coefficient (Wildman–Crippen LogP) is 4.30. The molecule has 3 N–H and O–H groups in total. The number of urea groups is 1. The molecule has 1 heterocycles. The second-order valence-corrected chi connectivity index (χ2v) is 12.1. The maximum atomic E-state index is 15.0. The van der Waals surface area contributed by atoms with E-state index in [2.05, 4.69) is 0 Å². The first-order valence-corrected chi connectivity index (χ1v) is 14.9. The maximum Gasteiger partial charge on any atom is 0.328 e. The van der Waals surface area contributed by atoms with Gasteiger partial charge >= 0.3 is 6.03 Å². The fraction of sp³-hybridized carbons (Fsp3) is 0.250. The molecule has 9 heteroatoms. The van der Waals surface area contributed by atoms with E-state index in [0.29, 0.717) is 32.9 Å². The van der Waals surface area contributed by atoms with Crippen LogP contribution >= 0.6 is 0 Å². The van der Waals surface area contributed by atoms with E-state index in [4.69, 9.17) is 10.5 Å². The van der Waals surface area contributed by atoms with Crippen molar-refractivity contribution < 1.29 is 33.8 Å². The molecular weight excluding hydrogens is 572 g/mol. The summed E-state index contributed by atoms with van der Waals surface area (Å²) in [6, 6.07) is 21.6. The van der Waals surface area contributed by atoms with Crippen molar-refractivity contribution in [3.8, 4) is 11.5 Å². The lowest BCUT2D eigenvalue weighted by molar-refractivity contribution is -0.137. The minimum absolute atomic E-state index is 0.0445. The molecule has 1 saturated heterocycles. The van der Waals surface area contributed by atoms with E-state index in [1.54, 1.807) is 30.3 Å². The van der Waals surface area contributed by atoms with Crippen molar-refractivity contribution in [2.75, 3.05) is 7.11 Å². The van der Waals surface area contributed by atoms with E-state index in [9.17, 15) is 29.1 Å². The Morgan fingerprint density at radius 3 is 2.29 bits per heavy atom. The topological polar surface area (TPSA) is 144 Å². The Hall–Kier alpha value is -5.31. The van der Waals surface area contributed by atoms with Crippen molar-refractivity contribution in [1.29, 1.82) is 0 Å². The van der Waals surface area contributed by atoms with Crippen LogP contribution in [0.2, 0.25) is 0 Å². The van der Waals surface area contributed by atoms with Crippen LogP contribution in [0.5, 0.6) is 11.5 Å². The molecule has 0 radical (unpaired) electrons. The number of nitrogens with two attached hydrogens (primary N) is 1. The number of allylic oxidation sites excluding steroid dienone is 4. The summed E-state index contributed by atoms with van der Waals surface area (Å²) in [7, 11) is 1.46. The van der Waals surface area contributed by atoms with Gasteiger partial charge in [-0.1, -0.05) is 78.4 Å². The summed E-state index contributed by atoms with van der Waals surface area (Å²) in [6.07, 6.45) is 3.57. The third-order valence-corrected chi connectivity index (χ3v) is 10.1. The molecule has 3 aromatic rings. The molecule has 45 heavy (non-hydrogen) atoms. The number of ketones is 2. The highest BCUT2D eigenvalue weighted by Gasteiger charge is 2.66. The van der Waals surface area contributed by atoms with Gasteiger partial charge in [0.2, 0.25) is 11.8 Å². The lowest BCUT2D eigenvalue weighted by Crippen LogP contribution is -2.59. The number of hydrogen-bond donors (Lipinski definition) is 2. The van der Waals surface area contributed by atoms with Gasteiger partial charge in [0.1, 0.15) is 11.5 Å². The second-order valence-electron chi connectivity index (χ2n) is 12.1. The average molecular weight is 603 g/mol. The quantitative estimate of drug-likeness (QED) is 0.335. The summed E-state index contributed by atoms with van der Waals surface area (Å²) >= 11 is 0. The standard InChI is InChI=1S/C36H30N2O7/c1-45-28-16-21(39)12-13-23(28)31-22-14-15-24-30(34(43)38(33(24)42)35(37)44)26(22)17-27-32(41)25(19-8-4-2-5-9-19)18-29(40)36(27,31)20-10-6-3-7-11-20/h2-14,16,18,24,26-27,30-31,39H,15,17H2,1H3,(H2,37,44)/t24-,26+,27-,30-,31+,36-/m0/s1. The smallest absolute Gasteiger partial charge is 0.328 e. The molecule has 4 amide bonds. The van der Waals surface area contributed by atoms with Crippen LogP contribution in [-0.4, -0.2) is 46.5 Å². The number of likely N-dealkylation sites (tertiary alicyclic amines) is 1. The minimum atomic E-state index is -1.44. The fourth-order valence-corrected chi connectivity index (χ4v) is 8.37. The van der Waals surface area contributed by atoms with E-state index in [1.807, 2.05) is 42.5 Å². The zero-order chi connectivity index (χ0) is 31.6. The number of fused-ring (bicyclic) bond motifs is 4. The van der Waals surface area contributed by atoms with Gasteiger partial charge in [-0.15, -0.1) is 0 Å². The normalized spacial score (nSPS) is 28.9. The molecule has 0 unspecified atom stereocenters. The minimum Gasteiger partial charge on any atom is -0.508 e. The van der Waals surface area contributed by atoms with Gasteiger partial charge in [0.15, 0.2) is 11.6 Å². The number of benzene rings is 3. The van der Waals surface area contributed by atoms with Crippen molar-refractivity contribution >= 4 is 35.0 Å². The van der Waals surface area contributed by atoms with Gasteiger partial charge in [-0.3, -0.25) is 19.2 Å². The molecule has 9 nitrogen and oxygen atoms in total. The van der Waals surface area contributed by atoms with Gasteiger partial charge in [0.25, 0.3) is 0 Å². The van der Waals surface area contributed by atoms with Crippen molar-refractivity contribution in [1.82, 2.24) is 4.90 Å². The number of nitrogens with zero attached hydrogens (tertiary/aromatic N) is 1. The Labute approximate surface area is 259 Å². The zero-order valence-electron chi connectivity index (χ0n) is 24.4. The van der Waals surface area contributed by atoms with Crippen molar-refractivity contribution in [2.45, 2.75) is 24.2 Å². The Morgan fingerprint density at radius 2 is 1.62 bits per heavy atom. The lowest BCUT2D eigenvalue weighted by atomic mass is 9.44. The number of imide groups is 3. The Morgan fingerprint density at radius 1 is 0.933 bits per heavy atom. The number of ether oxygens (including phenoxy) is 1. The molecule has 3 aliphatic carbocycles. The summed E-state index contributed by atoms with van der Waals surface area (Å²) in [4.78, 5) is 69.5. The SMILES string of the molecule is COc1cc(O)ccc1[C@H]1C2=CC[C@@H]3C(=O)N(C(N)=O)C(=O)[C@@H]3[C@@H]2C[C@H]2C(=O)C(c3ccccc3)=CC(=O)[C@@]12c1ccccc1. The summed E-state index contributed by atoms with van der Waals surface area (Å²) in [6.45, 7) is 0. The molecule has 1 saturated carbocycles. The molecule has 2 fully saturated rings. The molecule has 3 aromatic carbocycles. The van der Waals surface area contributed by atoms with Crippen molar-refractivity contribution in [2.24, 2.45) is 29.4 Å². The number of rotatable bonds is 4. The number of phenols is 1. The van der Waals surface area contributed by atoms with E-state index in [1.165, 1.54) is 25.3 Å². The first-order chi connectivity index (χ1) is 21.7. The lowest BCUT2D eigenvalue weighted by Gasteiger charge is -2.55. The first-order valence-electron chi connectivity index (χ1n) is 14.9. The molecule has 0 spiro atoms. The number of Topliss-reactive ketones (excluding diaryl/α,β-unsaturated/α-hetero) is 1. The van der Waals surface area contributed by atoms with Gasteiger partial charge in [-0.2, -0.15) is 4.90 Å². The average Bonchev–Trinajstić information content (AvgIpc) is 3.32. The van der Waals surface area contributed by atoms with Crippen LogP contribution in [0, 0.1) is 23.7 Å². The van der Waals surface area contributed by atoms with E-state index in [-0.39, 0.29) is 35.7 Å². The molecule has 0 aromatic heterocycles. The highest BCUT2D eigenvalue weighted by Crippen LogP contribution is 2.64. The van der Waals surface area contributed by atoms with Crippen molar-refractivity contribution in [3.05, 3.63) is 113 Å². The van der Waals surface area contributed by atoms with E-state index in [0.717, 1.165) is 0 Å².